The third kappa shape index (κ3) is 1.87. The number of nitrogens with one attached hydrogen (secondary N) is 1. The van der Waals surface area contributed by atoms with Crippen LogP contribution in [0.4, 0.5) is 5.69 Å². The van der Waals surface area contributed by atoms with Crippen molar-refractivity contribution < 1.29 is 10.0 Å². The lowest BCUT2D eigenvalue weighted by atomic mass is 10.1. The van der Waals surface area contributed by atoms with E-state index in [9.17, 15) is 4.79 Å². The minimum absolute atomic E-state index is 0.117. The Kier molecular flexibility index (Phi) is 3.07. The summed E-state index contributed by atoms with van der Waals surface area (Å²) in [5, 5.41) is 12.3. The van der Waals surface area contributed by atoms with E-state index in [1.165, 1.54) is 0 Å². The van der Waals surface area contributed by atoms with Crippen LogP contribution in [-0.4, -0.2) is 29.7 Å². The summed E-state index contributed by atoms with van der Waals surface area (Å²) >= 11 is 0. The molecule has 0 atom stereocenters. The molecule has 1 heterocycles. The Bertz CT molecular complexity index is 395. The molecule has 5 nitrogen and oxygen atoms in total. The van der Waals surface area contributed by atoms with Crippen molar-refractivity contribution in [2.45, 2.75) is 13.0 Å². The number of rotatable bonds is 3. The average molecular weight is 221 g/mol. The number of carbonyl (C=O) groups is 1. The van der Waals surface area contributed by atoms with Gasteiger partial charge in [-0.25, -0.2) is 5.48 Å². The second-order valence-corrected chi connectivity index (χ2v) is 3.75. The molecule has 1 aromatic rings. The number of para-hydroxylation sites is 1. The first-order valence-electron chi connectivity index (χ1n) is 5.23. The number of hydrogen-bond acceptors (Lipinski definition) is 4. The molecule has 0 spiro atoms. The van der Waals surface area contributed by atoms with Gasteiger partial charge in [0, 0.05) is 26.6 Å². The van der Waals surface area contributed by atoms with Crippen LogP contribution >= 0.6 is 0 Å². The van der Waals surface area contributed by atoms with Crippen molar-refractivity contribution in [2.75, 3.05) is 18.6 Å². The highest BCUT2D eigenvalue weighted by atomic mass is 16.5. The number of hydrogen-bond donors (Lipinski definition) is 2. The van der Waals surface area contributed by atoms with E-state index in [1.54, 1.807) is 12.1 Å². The molecule has 1 amide bonds. The summed E-state index contributed by atoms with van der Waals surface area (Å²) in [5.41, 5.74) is 4.06. The first-order chi connectivity index (χ1) is 7.74. The van der Waals surface area contributed by atoms with Gasteiger partial charge in [0.05, 0.1) is 5.69 Å². The number of amides is 1. The third-order valence-corrected chi connectivity index (χ3v) is 2.80. The second-order valence-electron chi connectivity index (χ2n) is 3.75. The van der Waals surface area contributed by atoms with Gasteiger partial charge in [0.15, 0.2) is 0 Å². The molecule has 0 aliphatic carbocycles. The fourth-order valence-electron chi connectivity index (χ4n) is 1.93. The molecule has 0 bridgehead atoms. The van der Waals surface area contributed by atoms with Crippen molar-refractivity contribution >= 4 is 11.6 Å². The summed E-state index contributed by atoms with van der Waals surface area (Å²) in [6, 6.07) is 7.71. The molecular formula is C11H15N3O2. The lowest BCUT2D eigenvalue weighted by Crippen LogP contribution is -2.36. The van der Waals surface area contributed by atoms with E-state index in [0.717, 1.165) is 11.3 Å². The second kappa shape index (κ2) is 4.51. The number of carbonyl (C=O) groups excluding carboxylic acids is 1. The molecule has 1 saturated heterocycles. The van der Waals surface area contributed by atoms with Gasteiger partial charge in [0.1, 0.15) is 0 Å². The molecule has 5 heteroatoms. The van der Waals surface area contributed by atoms with Crippen LogP contribution in [0.25, 0.3) is 0 Å². The van der Waals surface area contributed by atoms with Gasteiger partial charge in [-0.3, -0.25) is 14.8 Å². The van der Waals surface area contributed by atoms with Crippen LogP contribution in [0.3, 0.4) is 0 Å². The van der Waals surface area contributed by atoms with Crippen LogP contribution in [0, 0.1) is 0 Å². The first kappa shape index (κ1) is 10.9. The maximum absolute atomic E-state index is 11.4. The molecule has 1 aliphatic heterocycles. The van der Waals surface area contributed by atoms with Crippen molar-refractivity contribution in [2.24, 2.45) is 0 Å². The molecule has 2 N–H and O–H groups in total. The summed E-state index contributed by atoms with van der Waals surface area (Å²) in [7, 11) is 1.76. The van der Waals surface area contributed by atoms with Gasteiger partial charge in [-0.15, -0.1) is 0 Å². The number of anilines is 1. The smallest absolute Gasteiger partial charge is 0.242 e. The number of benzene rings is 1. The van der Waals surface area contributed by atoms with Gasteiger partial charge in [-0.2, -0.15) is 0 Å². The lowest BCUT2D eigenvalue weighted by Gasteiger charge is -2.28. The topological polar surface area (TPSA) is 55.8 Å². The average Bonchev–Trinajstić information content (AvgIpc) is 2.61. The van der Waals surface area contributed by atoms with Crippen molar-refractivity contribution in [1.82, 2.24) is 10.5 Å². The molecule has 0 saturated carbocycles. The summed E-state index contributed by atoms with van der Waals surface area (Å²) in [5.74, 6) is 0.117. The largest absolute Gasteiger partial charge is 0.316 e. The lowest BCUT2D eigenvalue weighted by molar-refractivity contribution is -0.126. The number of hydroxylamine groups is 1. The molecule has 1 aromatic carbocycles. The van der Waals surface area contributed by atoms with Crippen LogP contribution < -0.4 is 10.5 Å². The molecule has 16 heavy (non-hydrogen) atoms. The first-order valence-corrected chi connectivity index (χ1v) is 5.23. The van der Waals surface area contributed by atoms with Gasteiger partial charge >= 0.3 is 0 Å². The third-order valence-electron chi connectivity index (χ3n) is 2.80. The van der Waals surface area contributed by atoms with E-state index >= 15 is 0 Å². The summed E-state index contributed by atoms with van der Waals surface area (Å²) in [6.45, 7) is 1.06. The Morgan fingerprint density at radius 2 is 2.19 bits per heavy atom. The van der Waals surface area contributed by atoms with Crippen molar-refractivity contribution in [3.05, 3.63) is 29.8 Å². The van der Waals surface area contributed by atoms with Gasteiger partial charge in [-0.05, 0) is 11.6 Å². The standard InChI is InChI=1S/C11H15N3O2/c1-13-11(15)6-7-14(13)10-5-3-2-4-9(10)8-12-16/h2-5,12,16H,6-8H2,1H3. The molecule has 1 aliphatic rings. The molecule has 86 valence electrons. The van der Waals surface area contributed by atoms with Crippen LogP contribution in [0.1, 0.15) is 12.0 Å². The number of nitrogens with zero attached hydrogens (tertiary/aromatic N) is 2. The normalized spacial score (nSPS) is 16.0. The maximum Gasteiger partial charge on any atom is 0.242 e. The van der Waals surface area contributed by atoms with Gasteiger partial charge in [0.2, 0.25) is 5.91 Å². The fourth-order valence-corrected chi connectivity index (χ4v) is 1.93. The van der Waals surface area contributed by atoms with Crippen molar-refractivity contribution in [1.29, 1.82) is 0 Å². The predicted molar refractivity (Wildman–Crippen MR) is 59.8 cm³/mol. The highest BCUT2D eigenvalue weighted by molar-refractivity contribution is 5.81. The van der Waals surface area contributed by atoms with Gasteiger partial charge < -0.3 is 5.21 Å². The molecule has 0 aromatic heterocycles. The highest BCUT2D eigenvalue weighted by Crippen LogP contribution is 2.25. The minimum Gasteiger partial charge on any atom is -0.316 e. The van der Waals surface area contributed by atoms with E-state index in [4.69, 9.17) is 5.21 Å². The summed E-state index contributed by atoms with van der Waals surface area (Å²) in [6.07, 6.45) is 0.539. The Morgan fingerprint density at radius 3 is 2.81 bits per heavy atom. The van der Waals surface area contributed by atoms with Crippen molar-refractivity contribution in [3.63, 3.8) is 0 Å². The van der Waals surface area contributed by atoms with E-state index in [-0.39, 0.29) is 5.91 Å². The highest BCUT2D eigenvalue weighted by Gasteiger charge is 2.26. The Hall–Kier alpha value is -1.59. The van der Waals surface area contributed by atoms with E-state index in [0.29, 0.717) is 19.5 Å². The van der Waals surface area contributed by atoms with E-state index in [2.05, 4.69) is 5.48 Å². The molecule has 1 fully saturated rings. The van der Waals surface area contributed by atoms with Crippen LogP contribution in [0.15, 0.2) is 24.3 Å². The van der Waals surface area contributed by atoms with Crippen LogP contribution in [-0.2, 0) is 11.3 Å². The van der Waals surface area contributed by atoms with E-state index < -0.39 is 0 Å². The zero-order chi connectivity index (χ0) is 11.5. The molecule has 0 radical (unpaired) electrons. The maximum atomic E-state index is 11.4. The van der Waals surface area contributed by atoms with Crippen molar-refractivity contribution in [3.8, 4) is 0 Å². The zero-order valence-electron chi connectivity index (χ0n) is 9.18. The van der Waals surface area contributed by atoms with E-state index in [1.807, 2.05) is 29.3 Å². The fraction of sp³-hybridized carbons (Fsp3) is 0.364. The Morgan fingerprint density at radius 1 is 1.44 bits per heavy atom. The molecule has 2 rings (SSSR count). The number of hydrazine groups is 1. The summed E-state index contributed by atoms with van der Waals surface area (Å²) in [4.78, 5) is 11.4. The Balaban J connectivity index is 2.29. The molecule has 0 unspecified atom stereocenters. The van der Waals surface area contributed by atoms with Gasteiger partial charge in [0.25, 0.3) is 0 Å². The predicted octanol–water partition coefficient (Wildman–Crippen LogP) is 0.749. The zero-order valence-corrected chi connectivity index (χ0v) is 9.18. The van der Waals surface area contributed by atoms with Crippen LogP contribution in [0.5, 0.6) is 0 Å². The van der Waals surface area contributed by atoms with Gasteiger partial charge in [-0.1, -0.05) is 18.2 Å². The monoisotopic (exact) mass is 221 g/mol. The minimum atomic E-state index is 0.117. The quantitative estimate of drug-likeness (QED) is 0.739. The summed E-state index contributed by atoms with van der Waals surface area (Å²) < 4.78 is 0. The Labute approximate surface area is 94.2 Å². The van der Waals surface area contributed by atoms with Crippen LogP contribution in [0.2, 0.25) is 0 Å². The molecular weight excluding hydrogens is 206 g/mol. The SMILES string of the molecule is CN1C(=O)CCN1c1ccccc1CNO.